The molecule has 1 atom stereocenters. The Bertz CT molecular complexity index is 1060. The minimum Gasteiger partial charge on any atom is -0.508 e. The van der Waals surface area contributed by atoms with Crippen LogP contribution in [0.5, 0.6) is 5.75 Å². The number of hydrogen-bond acceptors (Lipinski definition) is 7. The summed E-state index contributed by atoms with van der Waals surface area (Å²) in [7, 11) is 0. The molecule has 0 saturated heterocycles. The number of nitrogen functional groups attached to an aromatic ring is 1. The highest BCUT2D eigenvalue weighted by Crippen LogP contribution is 2.21. The lowest BCUT2D eigenvalue weighted by atomic mass is 9.98. The Morgan fingerprint density at radius 3 is 2.51 bits per heavy atom. The zero-order valence-electron chi connectivity index (χ0n) is 20.8. The number of nitrogens with one attached hydrogen (secondary N) is 2. The molecule has 10 heteroatoms. The standard InChI is InChI=1S/C27H35N3O6S/c28-20-14-19(26(33)30-24(27(34)35)13-18-7-9-22(31)10-8-18)15-21(16-20)29-25(32)17-37-12-4-11-36-23-5-2-1-3-6-23/h7-10,14-16,23-24,31H,1-6,11-13,17,28H2,(H,29,32)(H,30,33)(H,34,35). The molecule has 1 fully saturated rings. The average Bonchev–Trinajstić information content (AvgIpc) is 2.87. The first-order chi connectivity index (χ1) is 17.8. The van der Waals surface area contributed by atoms with Gasteiger partial charge in [0, 0.05) is 30.0 Å². The summed E-state index contributed by atoms with van der Waals surface area (Å²) >= 11 is 1.51. The Labute approximate surface area is 221 Å². The summed E-state index contributed by atoms with van der Waals surface area (Å²) in [6.07, 6.45) is 7.38. The number of phenols is 1. The molecular weight excluding hydrogens is 494 g/mol. The number of ether oxygens (including phenoxy) is 1. The predicted molar refractivity (Wildman–Crippen MR) is 145 cm³/mol. The van der Waals surface area contributed by atoms with Crippen LogP contribution in [0.2, 0.25) is 0 Å². The fourth-order valence-corrected chi connectivity index (χ4v) is 4.89. The largest absolute Gasteiger partial charge is 0.508 e. The van der Waals surface area contributed by atoms with Gasteiger partial charge < -0.3 is 31.3 Å². The summed E-state index contributed by atoms with van der Waals surface area (Å²) in [5, 5.41) is 24.2. The number of carbonyl (C=O) groups is 3. The van der Waals surface area contributed by atoms with Gasteiger partial charge in [0.2, 0.25) is 5.91 Å². The van der Waals surface area contributed by atoms with Crippen LogP contribution in [-0.4, -0.2) is 58.3 Å². The molecule has 200 valence electrons. The third kappa shape index (κ3) is 9.97. The van der Waals surface area contributed by atoms with E-state index in [4.69, 9.17) is 10.5 Å². The molecule has 6 N–H and O–H groups in total. The molecule has 0 radical (unpaired) electrons. The molecule has 2 aromatic carbocycles. The average molecular weight is 530 g/mol. The lowest BCUT2D eigenvalue weighted by molar-refractivity contribution is -0.139. The maximum absolute atomic E-state index is 12.8. The summed E-state index contributed by atoms with van der Waals surface area (Å²) in [6.45, 7) is 0.705. The van der Waals surface area contributed by atoms with E-state index in [1.54, 1.807) is 18.2 Å². The fraction of sp³-hybridized carbons (Fsp3) is 0.444. The zero-order valence-corrected chi connectivity index (χ0v) is 21.6. The van der Waals surface area contributed by atoms with Gasteiger partial charge in [-0.2, -0.15) is 11.8 Å². The third-order valence-electron chi connectivity index (χ3n) is 6.05. The molecule has 0 spiro atoms. The van der Waals surface area contributed by atoms with Crippen molar-refractivity contribution < 1.29 is 29.3 Å². The number of hydrogen-bond donors (Lipinski definition) is 5. The fourth-order valence-electron chi connectivity index (χ4n) is 4.17. The van der Waals surface area contributed by atoms with E-state index in [1.807, 2.05) is 0 Å². The molecule has 2 amide bonds. The van der Waals surface area contributed by atoms with Crippen molar-refractivity contribution in [2.45, 2.75) is 57.1 Å². The number of amides is 2. The number of aromatic hydroxyl groups is 1. The lowest BCUT2D eigenvalue weighted by Crippen LogP contribution is -2.42. The second-order valence-corrected chi connectivity index (χ2v) is 10.3. The van der Waals surface area contributed by atoms with E-state index in [-0.39, 0.29) is 35.1 Å². The van der Waals surface area contributed by atoms with Crippen LogP contribution >= 0.6 is 11.8 Å². The van der Waals surface area contributed by atoms with Gasteiger partial charge in [-0.3, -0.25) is 9.59 Å². The number of carbonyl (C=O) groups excluding carboxylic acids is 2. The maximum atomic E-state index is 12.8. The topological polar surface area (TPSA) is 151 Å². The van der Waals surface area contributed by atoms with Crippen LogP contribution in [0.4, 0.5) is 11.4 Å². The number of aliphatic carboxylic acids is 1. The number of nitrogens with two attached hydrogens (primary N) is 1. The van der Waals surface area contributed by atoms with E-state index in [0.29, 0.717) is 24.0 Å². The van der Waals surface area contributed by atoms with Crippen LogP contribution in [0.15, 0.2) is 42.5 Å². The zero-order chi connectivity index (χ0) is 26.6. The minimum absolute atomic E-state index is 0.0379. The number of benzene rings is 2. The molecule has 1 aliphatic carbocycles. The Hall–Kier alpha value is -3.24. The number of anilines is 2. The summed E-state index contributed by atoms with van der Waals surface area (Å²) in [6, 6.07) is 9.33. The quantitative estimate of drug-likeness (QED) is 0.194. The number of rotatable bonds is 13. The van der Waals surface area contributed by atoms with E-state index < -0.39 is 17.9 Å². The predicted octanol–water partition coefficient (Wildman–Crippen LogP) is 3.81. The molecule has 37 heavy (non-hydrogen) atoms. The second-order valence-electron chi connectivity index (χ2n) is 9.16. The van der Waals surface area contributed by atoms with E-state index in [0.717, 1.165) is 25.0 Å². The van der Waals surface area contributed by atoms with Crippen LogP contribution in [0.1, 0.15) is 54.4 Å². The van der Waals surface area contributed by atoms with Crippen molar-refractivity contribution in [1.82, 2.24) is 5.32 Å². The van der Waals surface area contributed by atoms with Gasteiger partial charge in [0.15, 0.2) is 0 Å². The first-order valence-electron chi connectivity index (χ1n) is 12.5. The number of thioether (sulfide) groups is 1. The molecule has 0 aromatic heterocycles. The van der Waals surface area contributed by atoms with Crippen molar-refractivity contribution in [2.75, 3.05) is 29.2 Å². The van der Waals surface area contributed by atoms with Gasteiger partial charge in [0.05, 0.1) is 11.9 Å². The second kappa shape index (κ2) is 14.5. The molecule has 3 rings (SSSR count). The van der Waals surface area contributed by atoms with Gasteiger partial charge in [-0.05, 0) is 60.9 Å². The van der Waals surface area contributed by atoms with Crippen molar-refractivity contribution in [3.63, 3.8) is 0 Å². The van der Waals surface area contributed by atoms with Gasteiger partial charge in [-0.15, -0.1) is 0 Å². The van der Waals surface area contributed by atoms with Crippen LogP contribution in [0, 0.1) is 0 Å². The van der Waals surface area contributed by atoms with Crippen molar-refractivity contribution in [2.24, 2.45) is 0 Å². The van der Waals surface area contributed by atoms with Crippen LogP contribution in [0.25, 0.3) is 0 Å². The highest BCUT2D eigenvalue weighted by atomic mass is 32.2. The highest BCUT2D eigenvalue weighted by molar-refractivity contribution is 7.99. The van der Waals surface area contributed by atoms with Gasteiger partial charge in [0.25, 0.3) is 5.91 Å². The molecule has 0 aliphatic heterocycles. The van der Waals surface area contributed by atoms with E-state index in [9.17, 15) is 24.6 Å². The molecular formula is C27H35N3O6S. The Balaban J connectivity index is 1.46. The molecule has 2 aromatic rings. The van der Waals surface area contributed by atoms with Gasteiger partial charge >= 0.3 is 5.97 Å². The molecule has 1 unspecified atom stereocenters. The van der Waals surface area contributed by atoms with E-state index >= 15 is 0 Å². The maximum Gasteiger partial charge on any atom is 0.326 e. The van der Waals surface area contributed by atoms with Crippen molar-refractivity contribution in [1.29, 1.82) is 0 Å². The lowest BCUT2D eigenvalue weighted by Gasteiger charge is -2.21. The van der Waals surface area contributed by atoms with E-state index in [1.165, 1.54) is 55.3 Å². The summed E-state index contributed by atoms with van der Waals surface area (Å²) in [5.74, 6) is -0.904. The van der Waals surface area contributed by atoms with Crippen LogP contribution in [-0.2, 0) is 20.7 Å². The minimum atomic E-state index is -1.19. The Morgan fingerprint density at radius 1 is 1.08 bits per heavy atom. The highest BCUT2D eigenvalue weighted by Gasteiger charge is 2.22. The smallest absolute Gasteiger partial charge is 0.326 e. The normalized spacial score (nSPS) is 14.6. The number of carboxylic acids is 1. The first-order valence-corrected chi connectivity index (χ1v) is 13.7. The van der Waals surface area contributed by atoms with Gasteiger partial charge in [-0.25, -0.2) is 4.79 Å². The molecule has 1 saturated carbocycles. The molecule has 9 nitrogen and oxygen atoms in total. The molecule has 0 bridgehead atoms. The summed E-state index contributed by atoms with van der Waals surface area (Å²) < 4.78 is 5.90. The molecule has 0 heterocycles. The SMILES string of the molecule is Nc1cc(NC(=O)CSCCCOC2CCCCC2)cc(C(=O)NC(Cc2ccc(O)cc2)C(=O)O)c1. The number of carboxylic acid groups (broad SMARTS) is 1. The van der Waals surface area contributed by atoms with Crippen molar-refractivity contribution in [3.8, 4) is 5.75 Å². The Morgan fingerprint density at radius 2 is 1.81 bits per heavy atom. The van der Waals surface area contributed by atoms with Crippen molar-refractivity contribution in [3.05, 3.63) is 53.6 Å². The first kappa shape index (κ1) is 28.3. The van der Waals surface area contributed by atoms with E-state index in [2.05, 4.69) is 10.6 Å². The van der Waals surface area contributed by atoms with Gasteiger partial charge in [-0.1, -0.05) is 31.4 Å². The number of phenolic OH excluding ortho intramolecular Hbond substituents is 1. The van der Waals surface area contributed by atoms with Crippen molar-refractivity contribution >= 4 is 40.9 Å². The summed E-state index contributed by atoms with van der Waals surface area (Å²) in [5.41, 5.74) is 7.34. The van der Waals surface area contributed by atoms with Crippen LogP contribution in [0.3, 0.4) is 0 Å². The monoisotopic (exact) mass is 529 g/mol. The van der Waals surface area contributed by atoms with Crippen LogP contribution < -0.4 is 16.4 Å². The Kier molecular flexibility index (Phi) is 11.1. The van der Waals surface area contributed by atoms with Gasteiger partial charge in [0.1, 0.15) is 11.8 Å². The summed E-state index contributed by atoms with van der Waals surface area (Å²) in [4.78, 5) is 36.9. The third-order valence-corrected chi connectivity index (χ3v) is 7.10. The molecule has 1 aliphatic rings.